The summed E-state index contributed by atoms with van der Waals surface area (Å²) in [6.45, 7) is 0. The topological polar surface area (TPSA) is 44.0 Å². The lowest BCUT2D eigenvalue weighted by atomic mass is 9.92. The van der Waals surface area contributed by atoms with Crippen LogP contribution in [0.2, 0.25) is 0 Å². The van der Waals surface area contributed by atoms with Crippen LogP contribution in [0, 0.1) is 17.2 Å². The van der Waals surface area contributed by atoms with Gasteiger partial charge in [0, 0.05) is 0 Å². The Morgan fingerprint density at radius 1 is 1.29 bits per heavy atom. The molecule has 0 saturated heterocycles. The number of hydrogen-bond donors (Lipinski definition) is 1. The molecule has 0 radical (unpaired) electrons. The third kappa shape index (κ3) is 1.78. The van der Waals surface area contributed by atoms with Crippen LogP contribution in [-0.4, -0.2) is 11.2 Å². The SMILES string of the molecule is N#CC(c1ccccc1)C(O)C1CC1. The fraction of sp³-hybridized carbons (Fsp3) is 0.417. The Labute approximate surface area is 83.8 Å². The van der Waals surface area contributed by atoms with Gasteiger partial charge in [0.15, 0.2) is 0 Å². The molecule has 2 heteroatoms. The highest BCUT2D eigenvalue weighted by atomic mass is 16.3. The summed E-state index contributed by atoms with van der Waals surface area (Å²) >= 11 is 0. The van der Waals surface area contributed by atoms with Gasteiger partial charge in [-0.3, -0.25) is 0 Å². The van der Waals surface area contributed by atoms with E-state index in [1.54, 1.807) is 0 Å². The number of nitriles is 1. The molecule has 0 amide bonds. The lowest BCUT2D eigenvalue weighted by Gasteiger charge is -2.15. The van der Waals surface area contributed by atoms with E-state index in [9.17, 15) is 5.11 Å². The fourth-order valence-electron chi connectivity index (χ4n) is 1.72. The van der Waals surface area contributed by atoms with E-state index < -0.39 is 6.10 Å². The van der Waals surface area contributed by atoms with E-state index in [4.69, 9.17) is 5.26 Å². The van der Waals surface area contributed by atoms with E-state index >= 15 is 0 Å². The van der Waals surface area contributed by atoms with Gasteiger partial charge in [0.05, 0.1) is 18.1 Å². The molecule has 1 N–H and O–H groups in total. The zero-order valence-corrected chi connectivity index (χ0v) is 7.93. The van der Waals surface area contributed by atoms with Gasteiger partial charge >= 0.3 is 0 Å². The second-order valence-corrected chi connectivity index (χ2v) is 3.85. The molecule has 2 nitrogen and oxygen atoms in total. The highest BCUT2D eigenvalue weighted by Gasteiger charge is 2.35. The summed E-state index contributed by atoms with van der Waals surface area (Å²) in [4.78, 5) is 0. The van der Waals surface area contributed by atoms with Crippen molar-refractivity contribution in [2.24, 2.45) is 5.92 Å². The molecule has 0 aromatic heterocycles. The molecule has 14 heavy (non-hydrogen) atoms. The second kappa shape index (κ2) is 3.81. The van der Waals surface area contributed by atoms with Gasteiger partial charge in [0.1, 0.15) is 0 Å². The van der Waals surface area contributed by atoms with Crippen molar-refractivity contribution < 1.29 is 5.11 Å². The summed E-state index contributed by atoms with van der Waals surface area (Å²) in [6.07, 6.45) is 1.64. The van der Waals surface area contributed by atoms with E-state index in [1.165, 1.54) is 0 Å². The lowest BCUT2D eigenvalue weighted by Crippen LogP contribution is -2.19. The first-order valence-corrected chi connectivity index (χ1v) is 4.95. The first kappa shape index (κ1) is 9.23. The van der Waals surface area contributed by atoms with Gasteiger partial charge in [-0.25, -0.2) is 0 Å². The Morgan fingerprint density at radius 2 is 1.93 bits per heavy atom. The van der Waals surface area contributed by atoms with Crippen LogP contribution in [0.15, 0.2) is 30.3 Å². The van der Waals surface area contributed by atoms with Crippen molar-refractivity contribution in [1.82, 2.24) is 0 Å². The van der Waals surface area contributed by atoms with Gasteiger partial charge < -0.3 is 5.11 Å². The largest absolute Gasteiger partial charge is 0.391 e. The molecular formula is C12H13NO. The Kier molecular flexibility index (Phi) is 2.51. The smallest absolute Gasteiger partial charge is 0.0974 e. The van der Waals surface area contributed by atoms with Gasteiger partial charge in [0.25, 0.3) is 0 Å². The summed E-state index contributed by atoms with van der Waals surface area (Å²) in [7, 11) is 0. The van der Waals surface area contributed by atoms with Gasteiger partial charge in [-0.05, 0) is 24.3 Å². The summed E-state index contributed by atoms with van der Waals surface area (Å²) in [6, 6.07) is 11.7. The van der Waals surface area contributed by atoms with Crippen LogP contribution in [0.25, 0.3) is 0 Å². The molecule has 1 fully saturated rings. The average Bonchev–Trinajstić information content (AvgIpc) is 3.03. The molecule has 0 heterocycles. The molecule has 1 aromatic carbocycles. The van der Waals surface area contributed by atoms with Crippen molar-refractivity contribution in [2.45, 2.75) is 24.9 Å². The van der Waals surface area contributed by atoms with Gasteiger partial charge in [0.2, 0.25) is 0 Å². The maximum Gasteiger partial charge on any atom is 0.0974 e. The van der Waals surface area contributed by atoms with Gasteiger partial charge in [-0.1, -0.05) is 30.3 Å². The third-order valence-corrected chi connectivity index (χ3v) is 2.74. The Morgan fingerprint density at radius 3 is 2.43 bits per heavy atom. The van der Waals surface area contributed by atoms with E-state index in [-0.39, 0.29) is 5.92 Å². The summed E-state index contributed by atoms with van der Waals surface area (Å²) < 4.78 is 0. The number of nitrogens with zero attached hydrogens (tertiary/aromatic N) is 1. The lowest BCUT2D eigenvalue weighted by molar-refractivity contribution is 0.138. The zero-order chi connectivity index (χ0) is 9.97. The van der Waals surface area contributed by atoms with Crippen LogP contribution < -0.4 is 0 Å². The number of aliphatic hydroxyl groups excluding tert-OH is 1. The molecule has 0 bridgehead atoms. The molecule has 2 rings (SSSR count). The van der Waals surface area contributed by atoms with Gasteiger partial charge in [-0.15, -0.1) is 0 Å². The molecule has 0 spiro atoms. The van der Waals surface area contributed by atoms with Crippen LogP contribution in [-0.2, 0) is 0 Å². The number of rotatable bonds is 3. The molecular weight excluding hydrogens is 174 g/mol. The molecule has 72 valence electrons. The number of aliphatic hydroxyl groups is 1. The van der Waals surface area contributed by atoms with Crippen LogP contribution >= 0.6 is 0 Å². The zero-order valence-electron chi connectivity index (χ0n) is 7.93. The Balaban J connectivity index is 2.17. The summed E-state index contributed by atoms with van der Waals surface area (Å²) in [5.74, 6) is -0.0106. The van der Waals surface area contributed by atoms with Crippen molar-refractivity contribution in [3.05, 3.63) is 35.9 Å². The third-order valence-electron chi connectivity index (χ3n) is 2.74. The van der Waals surface area contributed by atoms with Crippen molar-refractivity contribution in [2.75, 3.05) is 0 Å². The van der Waals surface area contributed by atoms with Crippen LogP contribution in [0.3, 0.4) is 0 Å². The maximum absolute atomic E-state index is 9.88. The monoisotopic (exact) mass is 187 g/mol. The predicted molar refractivity (Wildman–Crippen MR) is 53.5 cm³/mol. The molecule has 2 unspecified atom stereocenters. The molecule has 1 aromatic rings. The highest BCUT2D eigenvalue weighted by molar-refractivity contribution is 5.26. The molecule has 1 saturated carbocycles. The van der Waals surface area contributed by atoms with Crippen molar-refractivity contribution in [3.8, 4) is 6.07 Å². The average molecular weight is 187 g/mol. The van der Waals surface area contributed by atoms with Crippen LogP contribution in [0.4, 0.5) is 0 Å². The minimum atomic E-state index is -0.484. The van der Waals surface area contributed by atoms with Crippen molar-refractivity contribution >= 4 is 0 Å². The Hall–Kier alpha value is -1.33. The first-order valence-electron chi connectivity index (χ1n) is 4.95. The standard InChI is InChI=1S/C12H13NO/c13-8-11(12(14)10-6-7-10)9-4-2-1-3-5-9/h1-5,10-12,14H,6-7H2. The fourth-order valence-corrected chi connectivity index (χ4v) is 1.72. The summed E-state index contributed by atoms with van der Waals surface area (Å²) in [5.41, 5.74) is 0.925. The predicted octanol–water partition coefficient (Wildman–Crippen LogP) is 2.06. The van der Waals surface area contributed by atoms with Gasteiger partial charge in [-0.2, -0.15) is 5.26 Å². The first-order chi connectivity index (χ1) is 6.83. The maximum atomic E-state index is 9.88. The van der Waals surface area contributed by atoms with E-state index in [1.807, 2.05) is 30.3 Å². The van der Waals surface area contributed by atoms with E-state index in [0.29, 0.717) is 5.92 Å². The van der Waals surface area contributed by atoms with Crippen LogP contribution in [0.1, 0.15) is 24.3 Å². The normalized spacial score (nSPS) is 19.7. The highest BCUT2D eigenvalue weighted by Crippen LogP contribution is 2.38. The van der Waals surface area contributed by atoms with E-state index in [2.05, 4.69) is 6.07 Å². The minimum absolute atomic E-state index is 0.347. The molecule has 2 atom stereocenters. The molecule has 1 aliphatic carbocycles. The van der Waals surface area contributed by atoms with Crippen molar-refractivity contribution in [3.63, 3.8) is 0 Å². The second-order valence-electron chi connectivity index (χ2n) is 3.85. The number of benzene rings is 1. The minimum Gasteiger partial charge on any atom is -0.391 e. The summed E-state index contributed by atoms with van der Waals surface area (Å²) in [5, 5.41) is 18.9. The molecule has 0 aliphatic heterocycles. The molecule has 1 aliphatic rings. The van der Waals surface area contributed by atoms with Crippen LogP contribution in [0.5, 0.6) is 0 Å². The quantitative estimate of drug-likeness (QED) is 0.787. The van der Waals surface area contributed by atoms with E-state index in [0.717, 1.165) is 18.4 Å². The van der Waals surface area contributed by atoms with Crippen molar-refractivity contribution in [1.29, 1.82) is 5.26 Å². The Bertz CT molecular complexity index is 337. The number of hydrogen-bond acceptors (Lipinski definition) is 2.